The van der Waals surface area contributed by atoms with E-state index in [4.69, 9.17) is 0 Å². The highest BCUT2D eigenvalue weighted by molar-refractivity contribution is 5.24. The van der Waals surface area contributed by atoms with Crippen molar-refractivity contribution in [3.8, 4) is 0 Å². The fourth-order valence-electron chi connectivity index (χ4n) is 3.45. The van der Waals surface area contributed by atoms with Crippen LogP contribution in [0.4, 0.5) is 0 Å². The van der Waals surface area contributed by atoms with Gasteiger partial charge in [-0.3, -0.25) is 0 Å². The van der Waals surface area contributed by atoms with Crippen LogP contribution in [0.1, 0.15) is 63.0 Å². The number of rotatable bonds is 6. The minimum Gasteiger partial charge on any atom is -0.311 e. The van der Waals surface area contributed by atoms with Crippen molar-refractivity contribution in [2.45, 2.75) is 64.0 Å². The SMILES string of the molecule is CC(C)c1ccc(CNCC2(N(C)C)CCCCC2)cc1. The average molecular weight is 288 g/mol. The molecule has 0 heterocycles. The van der Waals surface area contributed by atoms with Gasteiger partial charge in [-0.05, 0) is 44.0 Å². The van der Waals surface area contributed by atoms with Crippen LogP contribution in [0.5, 0.6) is 0 Å². The Labute approximate surface area is 130 Å². The molecule has 2 heteroatoms. The lowest BCUT2D eigenvalue weighted by Crippen LogP contribution is -2.52. The summed E-state index contributed by atoms with van der Waals surface area (Å²) in [7, 11) is 4.48. The lowest BCUT2D eigenvalue weighted by Gasteiger charge is -2.43. The third kappa shape index (κ3) is 4.31. The Hall–Kier alpha value is -0.860. The van der Waals surface area contributed by atoms with Crippen LogP contribution in [-0.2, 0) is 6.54 Å². The van der Waals surface area contributed by atoms with Gasteiger partial charge >= 0.3 is 0 Å². The summed E-state index contributed by atoms with van der Waals surface area (Å²) in [5, 5.41) is 3.70. The first-order chi connectivity index (χ1) is 10.0. The zero-order valence-electron chi connectivity index (χ0n) is 14.3. The summed E-state index contributed by atoms with van der Waals surface area (Å²) in [5.41, 5.74) is 3.19. The lowest BCUT2D eigenvalue weighted by atomic mass is 9.80. The van der Waals surface area contributed by atoms with Crippen LogP contribution in [0.25, 0.3) is 0 Å². The molecule has 0 radical (unpaired) electrons. The number of benzene rings is 1. The largest absolute Gasteiger partial charge is 0.311 e. The van der Waals surface area contributed by atoms with Gasteiger partial charge in [-0.1, -0.05) is 57.4 Å². The van der Waals surface area contributed by atoms with Crippen molar-refractivity contribution in [2.75, 3.05) is 20.6 Å². The quantitative estimate of drug-likeness (QED) is 0.845. The molecule has 0 saturated heterocycles. The Bertz CT molecular complexity index is 414. The molecule has 0 bridgehead atoms. The summed E-state index contributed by atoms with van der Waals surface area (Å²) < 4.78 is 0. The molecule has 2 rings (SSSR count). The monoisotopic (exact) mass is 288 g/mol. The second kappa shape index (κ2) is 7.42. The molecule has 21 heavy (non-hydrogen) atoms. The standard InChI is InChI=1S/C19H32N2/c1-16(2)18-10-8-17(9-11-18)14-20-15-19(21(3)4)12-6-5-7-13-19/h8-11,16,20H,5-7,12-15H2,1-4H3. The van der Waals surface area contributed by atoms with E-state index < -0.39 is 0 Å². The van der Waals surface area contributed by atoms with Crippen LogP contribution in [-0.4, -0.2) is 31.1 Å². The van der Waals surface area contributed by atoms with Crippen LogP contribution in [0.15, 0.2) is 24.3 Å². The zero-order chi connectivity index (χ0) is 15.3. The molecule has 1 aliphatic rings. The summed E-state index contributed by atoms with van der Waals surface area (Å²) in [6.07, 6.45) is 6.83. The van der Waals surface area contributed by atoms with E-state index in [1.165, 1.54) is 43.2 Å². The van der Waals surface area contributed by atoms with E-state index in [0.717, 1.165) is 13.1 Å². The first-order valence-electron chi connectivity index (χ1n) is 8.50. The average Bonchev–Trinajstić information content (AvgIpc) is 2.48. The van der Waals surface area contributed by atoms with Crippen molar-refractivity contribution in [1.82, 2.24) is 10.2 Å². The van der Waals surface area contributed by atoms with E-state index in [0.29, 0.717) is 11.5 Å². The van der Waals surface area contributed by atoms with E-state index in [9.17, 15) is 0 Å². The predicted molar refractivity (Wildman–Crippen MR) is 91.7 cm³/mol. The van der Waals surface area contributed by atoms with Gasteiger partial charge < -0.3 is 10.2 Å². The van der Waals surface area contributed by atoms with Gasteiger partial charge in [0.25, 0.3) is 0 Å². The van der Waals surface area contributed by atoms with Gasteiger partial charge in [-0.25, -0.2) is 0 Å². The molecule has 0 aliphatic heterocycles. The normalized spacial score (nSPS) is 18.4. The van der Waals surface area contributed by atoms with Crippen LogP contribution in [0, 0.1) is 0 Å². The molecule has 118 valence electrons. The molecule has 1 saturated carbocycles. The third-order valence-electron chi connectivity index (χ3n) is 5.16. The van der Waals surface area contributed by atoms with Crippen LogP contribution >= 0.6 is 0 Å². The molecule has 1 N–H and O–H groups in total. The molecule has 0 aromatic heterocycles. The van der Waals surface area contributed by atoms with Gasteiger partial charge in [0, 0.05) is 18.6 Å². The maximum absolute atomic E-state index is 3.70. The van der Waals surface area contributed by atoms with Crippen molar-refractivity contribution in [2.24, 2.45) is 0 Å². The smallest absolute Gasteiger partial charge is 0.0328 e. The number of hydrogen-bond donors (Lipinski definition) is 1. The van der Waals surface area contributed by atoms with Gasteiger partial charge in [0.05, 0.1) is 0 Å². The van der Waals surface area contributed by atoms with Gasteiger partial charge in [-0.2, -0.15) is 0 Å². The van der Waals surface area contributed by atoms with Crippen LogP contribution in [0.2, 0.25) is 0 Å². The van der Waals surface area contributed by atoms with Gasteiger partial charge in [-0.15, -0.1) is 0 Å². The van der Waals surface area contributed by atoms with Crippen molar-refractivity contribution in [3.63, 3.8) is 0 Å². The molecule has 0 amide bonds. The third-order valence-corrected chi connectivity index (χ3v) is 5.16. The molecular formula is C19H32N2. The van der Waals surface area contributed by atoms with E-state index in [1.807, 2.05) is 0 Å². The Kier molecular flexibility index (Phi) is 5.83. The summed E-state index contributed by atoms with van der Waals surface area (Å²) in [4.78, 5) is 2.45. The molecule has 1 aromatic rings. The number of nitrogens with zero attached hydrogens (tertiary/aromatic N) is 1. The van der Waals surface area contributed by atoms with E-state index in [-0.39, 0.29) is 0 Å². The number of likely N-dealkylation sites (N-methyl/N-ethyl adjacent to an activating group) is 1. The predicted octanol–water partition coefficient (Wildman–Crippen LogP) is 4.16. The second-order valence-corrected chi connectivity index (χ2v) is 7.18. The maximum Gasteiger partial charge on any atom is 0.0328 e. The zero-order valence-corrected chi connectivity index (χ0v) is 14.3. The minimum atomic E-state index is 0.371. The summed E-state index contributed by atoms with van der Waals surface area (Å²) in [6.45, 7) is 6.58. The molecular weight excluding hydrogens is 256 g/mol. The lowest BCUT2D eigenvalue weighted by molar-refractivity contribution is 0.0984. The molecule has 0 unspecified atom stereocenters. The van der Waals surface area contributed by atoms with Crippen molar-refractivity contribution in [1.29, 1.82) is 0 Å². The highest BCUT2D eigenvalue weighted by Crippen LogP contribution is 2.31. The van der Waals surface area contributed by atoms with E-state index in [2.05, 4.69) is 62.4 Å². The van der Waals surface area contributed by atoms with E-state index in [1.54, 1.807) is 0 Å². The number of nitrogens with one attached hydrogen (secondary N) is 1. The maximum atomic E-state index is 3.70. The summed E-state index contributed by atoms with van der Waals surface area (Å²) in [5.74, 6) is 0.617. The van der Waals surface area contributed by atoms with Crippen molar-refractivity contribution >= 4 is 0 Å². The molecule has 1 aromatic carbocycles. The molecule has 1 aliphatic carbocycles. The van der Waals surface area contributed by atoms with Gasteiger partial charge in [0.1, 0.15) is 0 Å². The fraction of sp³-hybridized carbons (Fsp3) is 0.684. The van der Waals surface area contributed by atoms with Crippen LogP contribution in [0.3, 0.4) is 0 Å². The first-order valence-corrected chi connectivity index (χ1v) is 8.50. The highest BCUT2D eigenvalue weighted by atomic mass is 15.2. The molecule has 2 nitrogen and oxygen atoms in total. The van der Waals surface area contributed by atoms with Gasteiger partial charge in [0.15, 0.2) is 0 Å². The number of hydrogen-bond acceptors (Lipinski definition) is 2. The van der Waals surface area contributed by atoms with Crippen molar-refractivity contribution in [3.05, 3.63) is 35.4 Å². The Morgan fingerprint density at radius 3 is 2.19 bits per heavy atom. The molecule has 1 fully saturated rings. The van der Waals surface area contributed by atoms with Crippen molar-refractivity contribution < 1.29 is 0 Å². The highest BCUT2D eigenvalue weighted by Gasteiger charge is 2.33. The van der Waals surface area contributed by atoms with Crippen LogP contribution < -0.4 is 5.32 Å². The Morgan fingerprint density at radius 1 is 1.05 bits per heavy atom. The minimum absolute atomic E-state index is 0.371. The summed E-state index contributed by atoms with van der Waals surface area (Å²) >= 11 is 0. The second-order valence-electron chi connectivity index (χ2n) is 7.18. The Balaban J connectivity index is 1.87. The summed E-state index contributed by atoms with van der Waals surface area (Å²) in [6, 6.07) is 9.07. The Morgan fingerprint density at radius 2 is 1.67 bits per heavy atom. The molecule has 0 spiro atoms. The topological polar surface area (TPSA) is 15.3 Å². The first kappa shape index (κ1) is 16.5. The fourth-order valence-corrected chi connectivity index (χ4v) is 3.45. The van der Waals surface area contributed by atoms with E-state index >= 15 is 0 Å². The molecule has 0 atom stereocenters. The van der Waals surface area contributed by atoms with Gasteiger partial charge in [0.2, 0.25) is 0 Å².